The van der Waals surface area contributed by atoms with Crippen LogP contribution in [0.4, 0.5) is 11.4 Å². The van der Waals surface area contributed by atoms with Crippen LogP contribution in [-0.2, 0) is 4.79 Å². The summed E-state index contributed by atoms with van der Waals surface area (Å²) in [6.45, 7) is 4.77. The fourth-order valence-electron chi connectivity index (χ4n) is 2.28. The minimum absolute atomic E-state index is 0.140. The number of hydrogen-bond acceptors (Lipinski definition) is 4. The van der Waals surface area contributed by atoms with E-state index in [-0.39, 0.29) is 5.91 Å². The third-order valence-corrected chi connectivity index (χ3v) is 3.30. The van der Waals surface area contributed by atoms with Crippen molar-refractivity contribution in [3.8, 4) is 5.75 Å². The van der Waals surface area contributed by atoms with Crippen molar-refractivity contribution in [1.82, 2.24) is 4.90 Å². The molecule has 0 aliphatic carbocycles. The number of nitrogens with one attached hydrogen (secondary N) is 1. The number of nitrogen functional groups attached to an aromatic ring is 1. The number of carbonyl (C=O) groups is 1. The van der Waals surface area contributed by atoms with Gasteiger partial charge in [-0.3, -0.25) is 4.79 Å². The summed E-state index contributed by atoms with van der Waals surface area (Å²) >= 11 is 0. The molecule has 0 spiro atoms. The van der Waals surface area contributed by atoms with Crippen molar-refractivity contribution in [1.29, 1.82) is 0 Å². The molecule has 0 aromatic heterocycles. The van der Waals surface area contributed by atoms with Gasteiger partial charge in [-0.1, -0.05) is 6.92 Å². The van der Waals surface area contributed by atoms with Crippen LogP contribution < -0.4 is 15.8 Å². The molecule has 1 saturated heterocycles. The summed E-state index contributed by atoms with van der Waals surface area (Å²) in [5.74, 6) is 0.879. The van der Waals surface area contributed by atoms with Gasteiger partial charge in [0.1, 0.15) is 5.75 Å². The van der Waals surface area contributed by atoms with E-state index in [2.05, 4.69) is 12.2 Å². The Balaban J connectivity index is 1.91. The Labute approximate surface area is 120 Å². The number of ether oxygens (including phenoxy) is 1. The topological polar surface area (TPSA) is 67.6 Å². The van der Waals surface area contributed by atoms with E-state index in [0.717, 1.165) is 43.8 Å². The number of benzene rings is 1. The lowest BCUT2D eigenvalue weighted by molar-refractivity contribution is -0.128. The van der Waals surface area contributed by atoms with Crippen molar-refractivity contribution >= 4 is 17.3 Å². The predicted molar refractivity (Wildman–Crippen MR) is 80.9 cm³/mol. The molecule has 110 valence electrons. The van der Waals surface area contributed by atoms with Gasteiger partial charge in [-0.25, -0.2) is 0 Å². The van der Waals surface area contributed by atoms with Gasteiger partial charge >= 0.3 is 0 Å². The maximum Gasteiger partial charge on any atom is 0.241 e. The van der Waals surface area contributed by atoms with Crippen LogP contribution in [0.25, 0.3) is 0 Å². The van der Waals surface area contributed by atoms with E-state index < -0.39 is 0 Å². The smallest absolute Gasteiger partial charge is 0.241 e. The number of nitrogens with two attached hydrogens (primary N) is 1. The Hall–Kier alpha value is -1.91. The summed E-state index contributed by atoms with van der Waals surface area (Å²) in [6.07, 6.45) is 3.17. The quantitative estimate of drug-likeness (QED) is 0.781. The molecule has 1 heterocycles. The number of nitrogens with zero attached hydrogens (tertiary/aromatic N) is 1. The number of likely N-dealkylation sites (tertiary alicyclic amines) is 1. The SMILES string of the molecule is CCCOc1cc(N)cc(NCC(=O)N2CCCC2)c1. The minimum Gasteiger partial charge on any atom is -0.493 e. The van der Waals surface area contributed by atoms with Crippen molar-refractivity contribution in [2.75, 3.05) is 37.3 Å². The Morgan fingerprint density at radius 3 is 2.80 bits per heavy atom. The zero-order valence-corrected chi connectivity index (χ0v) is 12.0. The summed E-state index contributed by atoms with van der Waals surface area (Å²) in [6, 6.07) is 5.49. The van der Waals surface area contributed by atoms with Crippen LogP contribution in [0.15, 0.2) is 18.2 Å². The van der Waals surface area contributed by atoms with Gasteiger partial charge in [-0.2, -0.15) is 0 Å². The Morgan fingerprint density at radius 2 is 2.10 bits per heavy atom. The highest BCUT2D eigenvalue weighted by molar-refractivity contribution is 5.81. The number of carbonyl (C=O) groups excluding carboxylic acids is 1. The van der Waals surface area contributed by atoms with Gasteiger partial charge < -0.3 is 20.7 Å². The highest BCUT2D eigenvalue weighted by Gasteiger charge is 2.17. The second-order valence-electron chi connectivity index (χ2n) is 5.08. The molecule has 20 heavy (non-hydrogen) atoms. The fourth-order valence-corrected chi connectivity index (χ4v) is 2.28. The molecule has 1 aliphatic heterocycles. The van der Waals surface area contributed by atoms with Crippen molar-refractivity contribution in [3.05, 3.63) is 18.2 Å². The molecule has 0 saturated carbocycles. The minimum atomic E-state index is 0.140. The lowest BCUT2D eigenvalue weighted by atomic mass is 10.2. The van der Waals surface area contributed by atoms with Gasteiger partial charge in [-0.15, -0.1) is 0 Å². The third kappa shape index (κ3) is 4.05. The van der Waals surface area contributed by atoms with Gasteiger partial charge in [0.15, 0.2) is 0 Å². The van der Waals surface area contributed by atoms with E-state index >= 15 is 0 Å². The fraction of sp³-hybridized carbons (Fsp3) is 0.533. The zero-order valence-electron chi connectivity index (χ0n) is 12.0. The highest BCUT2D eigenvalue weighted by atomic mass is 16.5. The van der Waals surface area contributed by atoms with E-state index in [1.165, 1.54) is 0 Å². The van der Waals surface area contributed by atoms with Crippen LogP contribution in [0.2, 0.25) is 0 Å². The normalized spacial score (nSPS) is 14.3. The number of rotatable bonds is 6. The number of amides is 1. The summed E-state index contributed by atoms with van der Waals surface area (Å²) in [4.78, 5) is 13.9. The number of hydrogen-bond donors (Lipinski definition) is 2. The second kappa shape index (κ2) is 7.03. The lowest BCUT2D eigenvalue weighted by Gasteiger charge is -2.16. The average Bonchev–Trinajstić information content (AvgIpc) is 2.96. The molecule has 0 unspecified atom stereocenters. The van der Waals surface area contributed by atoms with E-state index in [0.29, 0.717) is 18.8 Å². The molecule has 5 nitrogen and oxygen atoms in total. The first-order chi connectivity index (χ1) is 9.69. The van der Waals surface area contributed by atoms with E-state index in [1.54, 1.807) is 6.07 Å². The van der Waals surface area contributed by atoms with Crippen LogP contribution >= 0.6 is 0 Å². The summed E-state index contributed by atoms with van der Waals surface area (Å²) < 4.78 is 5.57. The molecule has 0 radical (unpaired) electrons. The van der Waals surface area contributed by atoms with Crippen LogP contribution in [0.3, 0.4) is 0 Å². The first kappa shape index (κ1) is 14.5. The predicted octanol–water partition coefficient (Wildman–Crippen LogP) is 2.09. The van der Waals surface area contributed by atoms with Crippen LogP contribution in [0.5, 0.6) is 5.75 Å². The Morgan fingerprint density at radius 1 is 1.35 bits per heavy atom. The van der Waals surface area contributed by atoms with Crippen molar-refractivity contribution in [2.24, 2.45) is 0 Å². The van der Waals surface area contributed by atoms with Gasteiger partial charge in [0.25, 0.3) is 0 Å². The van der Waals surface area contributed by atoms with Crippen LogP contribution in [-0.4, -0.2) is 37.0 Å². The zero-order chi connectivity index (χ0) is 14.4. The molecule has 0 atom stereocenters. The molecule has 5 heteroatoms. The van der Waals surface area contributed by atoms with Gasteiger partial charge in [0, 0.05) is 36.6 Å². The molecule has 3 N–H and O–H groups in total. The molecule has 1 amide bonds. The highest BCUT2D eigenvalue weighted by Crippen LogP contribution is 2.22. The Bertz CT molecular complexity index is 456. The third-order valence-electron chi connectivity index (χ3n) is 3.30. The Kier molecular flexibility index (Phi) is 5.09. The summed E-state index contributed by atoms with van der Waals surface area (Å²) in [5.41, 5.74) is 7.30. The molecule has 0 bridgehead atoms. The van der Waals surface area contributed by atoms with Gasteiger partial charge in [0.2, 0.25) is 5.91 Å². The van der Waals surface area contributed by atoms with Crippen LogP contribution in [0.1, 0.15) is 26.2 Å². The average molecular weight is 277 g/mol. The molecule has 1 aromatic rings. The monoisotopic (exact) mass is 277 g/mol. The molecule has 1 fully saturated rings. The van der Waals surface area contributed by atoms with Gasteiger partial charge in [-0.05, 0) is 25.3 Å². The summed E-state index contributed by atoms with van der Waals surface area (Å²) in [5, 5.41) is 3.13. The number of anilines is 2. The van der Waals surface area contributed by atoms with E-state index in [4.69, 9.17) is 10.5 Å². The maximum atomic E-state index is 12.0. The molecule has 1 aromatic carbocycles. The van der Waals surface area contributed by atoms with Crippen molar-refractivity contribution in [2.45, 2.75) is 26.2 Å². The molecule has 1 aliphatic rings. The summed E-state index contributed by atoms with van der Waals surface area (Å²) in [7, 11) is 0. The maximum absolute atomic E-state index is 12.0. The lowest BCUT2D eigenvalue weighted by Crippen LogP contribution is -2.32. The van der Waals surface area contributed by atoms with Gasteiger partial charge in [0.05, 0.1) is 13.2 Å². The van der Waals surface area contributed by atoms with Crippen LogP contribution in [0, 0.1) is 0 Å². The largest absolute Gasteiger partial charge is 0.493 e. The van der Waals surface area contributed by atoms with Crippen molar-refractivity contribution < 1.29 is 9.53 Å². The van der Waals surface area contributed by atoms with Crippen molar-refractivity contribution in [3.63, 3.8) is 0 Å². The molecular weight excluding hydrogens is 254 g/mol. The van der Waals surface area contributed by atoms with E-state index in [1.807, 2.05) is 17.0 Å². The second-order valence-corrected chi connectivity index (χ2v) is 5.08. The first-order valence-corrected chi connectivity index (χ1v) is 7.24. The molecule has 2 rings (SSSR count). The first-order valence-electron chi connectivity index (χ1n) is 7.24. The van der Waals surface area contributed by atoms with E-state index in [9.17, 15) is 4.79 Å². The molecular formula is C15H23N3O2. The standard InChI is InChI=1S/C15H23N3O2/c1-2-7-20-14-9-12(16)8-13(10-14)17-11-15(19)18-5-3-4-6-18/h8-10,17H,2-7,11,16H2,1H3.